The van der Waals surface area contributed by atoms with Crippen LogP contribution < -0.4 is 0 Å². The molecule has 2 amide bonds. The smallest absolute Gasteiger partial charge is 0.273 e. The molecule has 0 N–H and O–H groups in total. The van der Waals surface area contributed by atoms with Gasteiger partial charge in [-0.2, -0.15) is 0 Å². The van der Waals surface area contributed by atoms with E-state index >= 15 is 0 Å². The van der Waals surface area contributed by atoms with Gasteiger partial charge in [-0.05, 0) is 18.4 Å². The number of thiazole rings is 1. The van der Waals surface area contributed by atoms with Gasteiger partial charge in [0.05, 0.1) is 5.01 Å². The molecule has 6 heteroatoms. The van der Waals surface area contributed by atoms with Crippen LogP contribution in [0.2, 0.25) is 0 Å². The number of nitrogens with zero attached hydrogens (tertiary/aromatic N) is 3. The van der Waals surface area contributed by atoms with Crippen LogP contribution in [0, 0.1) is 5.92 Å². The first kappa shape index (κ1) is 19.1. The summed E-state index contributed by atoms with van der Waals surface area (Å²) in [4.78, 5) is 33.9. The van der Waals surface area contributed by atoms with E-state index in [1.54, 1.807) is 0 Å². The molecule has 28 heavy (non-hydrogen) atoms. The molecule has 2 heterocycles. The number of aromatic nitrogens is 1. The molecule has 4 rings (SSSR count). The first-order chi connectivity index (χ1) is 13.7. The fourth-order valence-corrected chi connectivity index (χ4v) is 4.96. The Morgan fingerprint density at radius 3 is 2.36 bits per heavy atom. The maximum absolute atomic E-state index is 12.8. The van der Waals surface area contributed by atoms with E-state index in [9.17, 15) is 9.59 Å². The molecule has 148 valence electrons. The maximum Gasteiger partial charge on any atom is 0.273 e. The molecule has 1 saturated heterocycles. The van der Waals surface area contributed by atoms with Crippen molar-refractivity contribution in [3.63, 3.8) is 0 Å². The molecule has 2 aromatic rings. The molecule has 1 aromatic heterocycles. The number of carbonyl (C=O) groups excluding carboxylic acids is 2. The fourth-order valence-electron chi connectivity index (χ4n) is 4.16. The van der Waals surface area contributed by atoms with Gasteiger partial charge >= 0.3 is 0 Å². The van der Waals surface area contributed by atoms with Crippen molar-refractivity contribution in [3.05, 3.63) is 52.0 Å². The first-order valence-corrected chi connectivity index (χ1v) is 11.1. The van der Waals surface area contributed by atoms with Crippen molar-refractivity contribution in [2.75, 3.05) is 26.2 Å². The zero-order valence-electron chi connectivity index (χ0n) is 16.2. The van der Waals surface area contributed by atoms with Crippen molar-refractivity contribution in [3.8, 4) is 0 Å². The van der Waals surface area contributed by atoms with Crippen LogP contribution in [0.3, 0.4) is 0 Å². The lowest BCUT2D eigenvalue weighted by Crippen LogP contribution is -2.52. The van der Waals surface area contributed by atoms with Gasteiger partial charge in [0.2, 0.25) is 5.91 Å². The van der Waals surface area contributed by atoms with E-state index in [0.717, 1.165) is 24.3 Å². The highest BCUT2D eigenvalue weighted by molar-refractivity contribution is 7.09. The molecule has 1 aliphatic carbocycles. The van der Waals surface area contributed by atoms with Crippen molar-refractivity contribution >= 4 is 23.2 Å². The second kappa shape index (κ2) is 8.86. The number of hydrogen-bond donors (Lipinski definition) is 0. The molecule has 1 saturated carbocycles. The number of hydrogen-bond acceptors (Lipinski definition) is 4. The molecule has 1 aliphatic heterocycles. The summed E-state index contributed by atoms with van der Waals surface area (Å²) in [5.41, 5.74) is 1.73. The second-order valence-corrected chi connectivity index (χ2v) is 8.68. The summed E-state index contributed by atoms with van der Waals surface area (Å²) >= 11 is 1.54. The molecule has 0 atom stereocenters. The SMILES string of the molecule is O=C(c1csc(Cc2ccccc2)n1)N1CCN(C(=O)C2CCCCC2)CC1. The van der Waals surface area contributed by atoms with Crippen LogP contribution in [0.25, 0.3) is 0 Å². The van der Waals surface area contributed by atoms with Gasteiger partial charge in [-0.1, -0.05) is 49.6 Å². The van der Waals surface area contributed by atoms with Crippen LogP contribution in [0.5, 0.6) is 0 Å². The van der Waals surface area contributed by atoms with Crippen LogP contribution in [0.4, 0.5) is 0 Å². The second-order valence-electron chi connectivity index (χ2n) is 7.74. The summed E-state index contributed by atoms with van der Waals surface area (Å²) in [7, 11) is 0. The summed E-state index contributed by atoms with van der Waals surface area (Å²) < 4.78 is 0. The van der Waals surface area contributed by atoms with Crippen LogP contribution in [-0.2, 0) is 11.2 Å². The Bertz CT molecular complexity index is 806. The minimum atomic E-state index is -0.0136. The van der Waals surface area contributed by atoms with E-state index in [1.807, 2.05) is 33.4 Å². The number of carbonyl (C=O) groups is 2. The Morgan fingerprint density at radius 1 is 0.964 bits per heavy atom. The standard InChI is InChI=1S/C22H27N3O2S/c26-21(18-9-5-2-6-10-18)24-11-13-25(14-12-24)22(27)19-16-28-20(23-19)15-17-7-3-1-4-8-17/h1,3-4,7-8,16,18H,2,5-6,9-15H2. The third-order valence-electron chi connectivity index (χ3n) is 5.80. The normalized spacial score (nSPS) is 18.3. The molecule has 1 aromatic carbocycles. The maximum atomic E-state index is 12.8. The Balaban J connectivity index is 1.31. The average molecular weight is 398 g/mol. The minimum absolute atomic E-state index is 0.0136. The number of benzene rings is 1. The number of amides is 2. The van der Waals surface area contributed by atoms with E-state index in [2.05, 4.69) is 17.1 Å². The third-order valence-corrected chi connectivity index (χ3v) is 6.65. The molecule has 0 unspecified atom stereocenters. The third kappa shape index (κ3) is 4.43. The van der Waals surface area contributed by atoms with Crippen molar-refractivity contribution in [2.45, 2.75) is 38.5 Å². The predicted molar refractivity (Wildman–Crippen MR) is 110 cm³/mol. The summed E-state index contributed by atoms with van der Waals surface area (Å²) in [6.07, 6.45) is 6.41. The highest BCUT2D eigenvalue weighted by Crippen LogP contribution is 2.26. The summed E-state index contributed by atoms with van der Waals surface area (Å²) in [5.74, 6) is 0.487. The Kier molecular flexibility index (Phi) is 6.05. The van der Waals surface area contributed by atoms with Gasteiger partial charge < -0.3 is 9.80 Å². The van der Waals surface area contributed by atoms with E-state index in [4.69, 9.17) is 0 Å². The average Bonchev–Trinajstić information content (AvgIpc) is 3.22. The van der Waals surface area contributed by atoms with Gasteiger partial charge in [0.25, 0.3) is 5.91 Å². The lowest BCUT2D eigenvalue weighted by molar-refractivity contribution is -0.138. The van der Waals surface area contributed by atoms with E-state index < -0.39 is 0 Å². The minimum Gasteiger partial charge on any atom is -0.339 e. The van der Waals surface area contributed by atoms with Crippen molar-refractivity contribution in [1.29, 1.82) is 0 Å². The molecular weight excluding hydrogens is 370 g/mol. The van der Waals surface area contributed by atoms with Gasteiger partial charge in [0, 0.05) is 43.9 Å². The zero-order chi connectivity index (χ0) is 19.3. The van der Waals surface area contributed by atoms with Crippen LogP contribution in [-0.4, -0.2) is 52.8 Å². The molecule has 2 fully saturated rings. The summed E-state index contributed by atoms with van der Waals surface area (Å²) in [5, 5.41) is 2.82. The Hall–Kier alpha value is -2.21. The van der Waals surface area contributed by atoms with E-state index in [0.29, 0.717) is 37.8 Å². The van der Waals surface area contributed by atoms with Gasteiger partial charge in [-0.25, -0.2) is 4.98 Å². The van der Waals surface area contributed by atoms with Gasteiger partial charge in [-0.3, -0.25) is 9.59 Å². The lowest BCUT2D eigenvalue weighted by atomic mass is 9.88. The number of piperazine rings is 1. The van der Waals surface area contributed by atoms with Crippen molar-refractivity contribution in [1.82, 2.24) is 14.8 Å². The Labute approximate surface area is 170 Å². The van der Waals surface area contributed by atoms with E-state index in [-0.39, 0.29) is 11.8 Å². The molecular formula is C22H27N3O2S. The number of rotatable bonds is 4. The van der Waals surface area contributed by atoms with E-state index in [1.165, 1.54) is 36.2 Å². The van der Waals surface area contributed by atoms with Crippen molar-refractivity contribution < 1.29 is 9.59 Å². The monoisotopic (exact) mass is 397 g/mol. The van der Waals surface area contributed by atoms with Crippen LogP contribution in [0.15, 0.2) is 35.7 Å². The van der Waals surface area contributed by atoms with Gasteiger partial charge in [0.1, 0.15) is 5.69 Å². The first-order valence-electron chi connectivity index (χ1n) is 10.3. The van der Waals surface area contributed by atoms with Crippen LogP contribution in [0.1, 0.15) is 53.2 Å². The molecule has 0 radical (unpaired) electrons. The molecule has 0 bridgehead atoms. The summed E-state index contributed by atoms with van der Waals surface area (Å²) in [6, 6.07) is 10.2. The zero-order valence-corrected chi connectivity index (χ0v) is 17.0. The quantitative estimate of drug-likeness (QED) is 0.792. The predicted octanol–water partition coefficient (Wildman–Crippen LogP) is 3.60. The van der Waals surface area contributed by atoms with Crippen LogP contribution >= 0.6 is 11.3 Å². The highest BCUT2D eigenvalue weighted by Gasteiger charge is 2.30. The van der Waals surface area contributed by atoms with Gasteiger partial charge in [-0.15, -0.1) is 11.3 Å². The molecule has 2 aliphatic rings. The summed E-state index contributed by atoms with van der Waals surface area (Å²) in [6.45, 7) is 2.48. The molecule has 0 spiro atoms. The topological polar surface area (TPSA) is 53.5 Å². The largest absolute Gasteiger partial charge is 0.339 e. The Morgan fingerprint density at radius 2 is 1.64 bits per heavy atom. The lowest BCUT2D eigenvalue weighted by Gasteiger charge is -2.36. The fraction of sp³-hybridized carbons (Fsp3) is 0.500. The van der Waals surface area contributed by atoms with Crippen molar-refractivity contribution in [2.24, 2.45) is 5.92 Å². The van der Waals surface area contributed by atoms with Gasteiger partial charge in [0.15, 0.2) is 0 Å². The molecule has 5 nitrogen and oxygen atoms in total. The highest BCUT2D eigenvalue weighted by atomic mass is 32.1.